The molecule has 1 fully saturated rings. The van der Waals surface area contributed by atoms with E-state index in [0.717, 1.165) is 51.6 Å². The van der Waals surface area contributed by atoms with Gasteiger partial charge in [0.2, 0.25) is 0 Å². The summed E-state index contributed by atoms with van der Waals surface area (Å²) in [7, 11) is 3.49. The predicted molar refractivity (Wildman–Crippen MR) is 104 cm³/mol. The maximum Gasteiger partial charge on any atom is 0.257 e. The van der Waals surface area contributed by atoms with Crippen LogP contribution in [0.25, 0.3) is 0 Å². The number of allylic oxidation sites excluding steroid dienone is 1. The van der Waals surface area contributed by atoms with E-state index in [0.29, 0.717) is 5.96 Å². The Morgan fingerprint density at radius 3 is 2.92 bits per heavy atom. The summed E-state index contributed by atoms with van der Waals surface area (Å²) in [5, 5.41) is 0. The number of carbonyl (C=O) groups excluding carboxylic acids is 1. The summed E-state index contributed by atoms with van der Waals surface area (Å²) < 4.78 is 5.50. The van der Waals surface area contributed by atoms with Gasteiger partial charge in [0.1, 0.15) is 5.54 Å². The Labute approximate surface area is 156 Å². The first-order chi connectivity index (χ1) is 12.5. The van der Waals surface area contributed by atoms with Crippen LogP contribution in [0.2, 0.25) is 0 Å². The van der Waals surface area contributed by atoms with Crippen molar-refractivity contribution in [1.82, 2.24) is 9.80 Å². The van der Waals surface area contributed by atoms with Gasteiger partial charge in [-0.25, -0.2) is 4.99 Å². The van der Waals surface area contributed by atoms with Gasteiger partial charge in [0.25, 0.3) is 5.91 Å². The SMILES string of the molecule is CCCC[C@]1([C@@H]2CCCN(C3=CC(OC)CC=C3)C2)N=C(N)N(C)C1=O. The first-order valence-corrected chi connectivity index (χ1v) is 9.81. The van der Waals surface area contributed by atoms with Crippen LogP contribution in [-0.2, 0) is 9.53 Å². The Morgan fingerprint density at radius 2 is 2.27 bits per heavy atom. The number of methoxy groups -OCH3 is 1. The molecule has 0 aromatic heterocycles. The molecule has 6 nitrogen and oxygen atoms in total. The highest BCUT2D eigenvalue weighted by atomic mass is 16.5. The molecular formula is C20H32N4O2. The van der Waals surface area contributed by atoms with E-state index in [1.165, 1.54) is 10.6 Å². The summed E-state index contributed by atoms with van der Waals surface area (Å²) in [6, 6.07) is 0. The van der Waals surface area contributed by atoms with Crippen LogP contribution >= 0.6 is 0 Å². The van der Waals surface area contributed by atoms with Gasteiger partial charge in [-0.1, -0.05) is 25.8 Å². The lowest BCUT2D eigenvalue weighted by atomic mass is 9.75. The number of piperidine rings is 1. The van der Waals surface area contributed by atoms with E-state index in [4.69, 9.17) is 15.5 Å². The summed E-state index contributed by atoms with van der Waals surface area (Å²) in [6.07, 6.45) is 12.5. The summed E-state index contributed by atoms with van der Waals surface area (Å²) in [4.78, 5) is 21.8. The van der Waals surface area contributed by atoms with Crippen molar-refractivity contribution < 1.29 is 9.53 Å². The minimum absolute atomic E-state index is 0.0678. The lowest BCUT2D eigenvalue weighted by Crippen LogP contribution is -2.52. The molecule has 3 rings (SSSR count). The van der Waals surface area contributed by atoms with E-state index < -0.39 is 5.54 Å². The number of rotatable bonds is 6. The number of guanidine groups is 1. The van der Waals surface area contributed by atoms with Crippen LogP contribution in [0, 0.1) is 5.92 Å². The molecule has 1 unspecified atom stereocenters. The molecule has 3 aliphatic rings. The van der Waals surface area contributed by atoms with Gasteiger partial charge in [-0.3, -0.25) is 9.69 Å². The van der Waals surface area contributed by atoms with Crippen molar-refractivity contribution in [2.24, 2.45) is 16.6 Å². The fraction of sp³-hybridized carbons (Fsp3) is 0.700. The molecule has 1 saturated heterocycles. The Hall–Kier alpha value is -1.82. The number of hydrogen-bond donors (Lipinski definition) is 1. The quantitative estimate of drug-likeness (QED) is 0.789. The van der Waals surface area contributed by atoms with Crippen LogP contribution in [-0.4, -0.2) is 60.6 Å². The lowest BCUT2D eigenvalue weighted by Gasteiger charge is -2.42. The second-order valence-electron chi connectivity index (χ2n) is 7.65. The minimum Gasteiger partial charge on any atom is -0.377 e. The highest BCUT2D eigenvalue weighted by Crippen LogP contribution is 2.40. The Balaban J connectivity index is 1.83. The molecule has 2 heterocycles. The number of ether oxygens (including phenoxy) is 1. The summed E-state index contributed by atoms with van der Waals surface area (Å²) in [5.41, 5.74) is 6.55. The number of amides is 1. The maximum absolute atomic E-state index is 13.1. The van der Waals surface area contributed by atoms with Crippen molar-refractivity contribution in [2.45, 2.75) is 57.1 Å². The van der Waals surface area contributed by atoms with Crippen molar-refractivity contribution >= 4 is 11.9 Å². The third kappa shape index (κ3) is 3.39. The number of unbranched alkanes of at least 4 members (excludes halogenated alkanes) is 1. The zero-order chi connectivity index (χ0) is 18.7. The van der Waals surface area contributed by atoms with Crippen LogP contribution in [0.15, 0.2) is 28.9 Å². The largest absolute Gasteiger partial charge is 0.377 e. The minimum atomic E-state index is -0.687. The second kappa shape index (κ2) is 7.82. The van der Waals surface area contributed by atoms with Gasteiger partial charge in [-0.05, 0) is 37.8 Å². The van der Waals surface area contributed by atoms with E-state index in [1.807, 2.05) is 0 Å². The molecule has 2 aliphatic heterocycles. The summed E-state index contributed by atoms with van der Waals surface area (Å²) >= 11 is 0. The van der Waals surface area contributed by atoms with Crippen LogP contribution in [0.3, 0.4) is 0 Å². The zero-order valence-electron chi connectivity index (χ0n) is 16.3. The van der Waals surface area contributed by atoms with Gasteiger partial charge in [0, 0.05) is 38.9 Å². The number of aliphatic imine (C=N–C) groups is 1. The van der Waals surface area contributed by atoms with Crippen LogP contribution < -0.4 is 5.73 Å². The Morgan fingerprint density at radius 1 is 1.46 bits per heavy atom. The first kappa shape index (κ1) is 19.0. The number of nitrogens with zero attached hydrogens (tertiary/aromatic N) is 3. The van der Waals surface area contributed by atoms with Crippen molar-refractivity contribution in [3.8, 4) is 0 Å². The van der Waals surface area contributed by atoms with Gasteiger partial charge in [0.05, 0.1) is 6.10 Å². The molecular weight excluding hydrogens is 328 g/mol. The molecule has 1 amide bonds. The fourth-order valence-corrected chi connectivity index (χ4v) is 4.41. The normalized spacial score (nSPS) is 32.0. The second-order valence-corrected chi connectivity index (χ2v) is 7.65. The van der Waals surface area contributed by atoms with Crippen LogP contribution in [0.5, 0.6) is 0 Å². The number of hydrogen-bond acceptors (Lipinski definition) is 5. The van der Waals surface area contributed by atoms with Gasteiger partial charge in [-0.2, -0.15) is 0 Å². The molecule has 1 aliphatic carbocycles. The smallest absolute Gasteiger partial charge is 0.257 e. The van der Waals surface area contributed by atoms with E-state index in [2.05, 4.69) is 30.1 Å². The molecule has 0 radical (unpaired) electrons. The third-order valence-corrected chi connectivity index (χ3v) is 6.02. The molecule has 0 aromatic rings. The average Bonchev–Trinajstić information content (AvgIpc) is 2.91. The standard InChI is InChI=1S/C20H32N4O2/c1-4-5-11-20(18(25)23(2)19(21)22-20)15-8-7-12-24(14-15)16-9-6-10-17(13-16)26-3/h6,9,13,15,17H,4-5,7-8,10-12,14H2,1-3H3,(H2,21,22)/t15-,17?,20-/m1/s1. The van der Waals surface area contributed by atoms with Crippen molar-refractivity contribution in [3.05, 3.63) is 23.9 Å². The molecule has 0 spiro atoms. The Kier molecular flexibility index (Phi) is 5.70. The average molecular weight is 361 g/mol. The molecule has 144 valence electrons. The van der Waals surface area contributed by atoms with Crippen molar-refractivity contribution in [3.63, 3.8) is 0 Å². The van der Waals surface area contributed by atoms with E-state index in [-0.39, 0.29) is 17.9 Å². The lowest BCUT2D eigenvalue weighted by molar-refractivity contribution is -0.133. The highest BCUT2D eigenvalue weighted by Gasteiger charge is 2.52. The highest BCUT2D eigenvalue weighted by molar-refractivity contribution is 6.06. The van der Waals surface area contributed by atoms with E-state index in [9.17, 15) is 4.79 Å². The summed E-state index contributed by atoms with van der Waals surface area (Å²) in [5.74, 6) is 0.619. The van der Waals surface area contributed by atoms with Gasteiger partial charge in [-0.15, -0.1) is 0 Å². The molecule has 0 bridgehead atoms. The number of likely N-dealkylation sites (tertiary alicyclic amines) is 1. The van der Waals surface area contributed by atoms with E-state index in [1.54, 1.807) is 14.2 Å². The number of nitrogens with two attached hydrogens (primary N) is 1. The topological polar surface area (TPSA) is 71.2 Å². The molecule has 6 heteroatoms. The van der Waals surface area contributed by atoms with Crippen molar-refractivity contribution in [1.29, 1.82) is 0 Å². The predicted octanol–water partition coefficient (Wildman–Crippen LogP) is 2.27. The molecule has 26 heavy (non-hydrogen) atoms. The maximum atomic E-state index is 13.1. The molecule has 0 aromatic carbocycles. The van der Waals surface area contributed by atoms with Gasteiger partial charge >= 0.3 is 0 Å². The first-order valence-electron chi connectivity index (χ1n) is 9.81. The summed E-state index contributed by atoms with van der Waals surface area (Å²) in [6.45, 7) is 4.00. The number of likely N-dealkylation sites (N-methyl/N-ethyl adjacent to an activating group) is 1. The monoisotopic (exact) mass is 360 g/mol. The van der Waals surface area contributed by atoms with Crippen LogP contribution in [0.4, 0.5) is 0 Å². The third-order valence-electron chi connectivity index (χ3n) is 6.02. The van der Waals surface area contributed by atoms with Gasteiger partial charge in [0.15, 0.2) is 5.96 Å². The van der Waals surface area contributed by atoms with Crippen molar-refractivity contribution in [2.75, 3.05) is 27.2 Å². The molecule has 3 atom stereocenters. The van der Waals surface area contributed by atoms with Crippen LogP contribution in [0.1, 0.15) is 45.4 Å². The van der Waals surface area contributed by atoms with E-state index >= 15 is 0 Å². The molecule has 2 N–H and O–H groups in total. The fourth-order valence-electron chi connectivity index (χ4n) is 4.41. The zero-order valence-corrected chi connectivity index (χ0v) is 16.3. The Bertz CT molecular complexity index is 627. The van der Waals surface area contributed by atoms with Gasteiger partial charge < -0.3 is 15.4 Å². The molecule has 0 saturated carbocycles. The number of carbonyl (C=O) groups is 1.